The van der Waals surface area contributed by atoms with Gasteiger partial charge in [0.2, 0.25) is 5.91 Å². The van der Waals surface area contributed by atoms with Crippen LogP contribution in [0.5, 0.6) is 17.2 Å². The number of carbonyl (C=O) groups is 2. The first-order valence-electron chi connectivity index (χ1n) is 12.0. The number of nitrogens with zero attached hydrogens (tertiary/aromatic N) is 1. The van der Waals surface area contributed by atoms with E-state index in [4.69, 9.17) is 18.9 Å². The number of amides is 1. The first-order chi connectivity index (χ1) is 17.9. The minimum Gasteiger partial charge on any atom is -0.497 e. The number of hydrogen-bond acceptors (Lipinski definition) is 7. The standard InChI is InChI=1S/C29H31NO7/c1-18(31)25-27(29(33)37-17-19-5-11-22(34-2)12-6-19)30(28(25)32)26(20-7-13-23(35-3)14-8-20)21-9-15-24(36-4)16-10-21/h5-16,18,25-27,31H,17H2,1-4H3/t18-,25-,27+/m1/s1. The second-order valence-electron chi connectivity index (χ2n) is 8.86. The molecule has 4 rings (SSSR count). The summed E-state index contributed by atoms with van der Waals surface area (Å²) in [6.07, 6.45) is -1.02. The lowest BCUT2D eigenvalue weighted by Gasteiger charge is -2.50. The van der Waals surface area contributed by atoms with Crippen LogP contribution in [-0.2, 0) is 20.9 Å². The highest BCUT2D eigenvalue weighted by atomic mass is 16.5. The molecule has 0 bridgehead atoms. The molecule has 0 spiro atoms. The summed E-state index contributed by atoms with van der Waals surface area (Å²) in [6, 6.07) is 20.3. The molecule has 194 valence electrons. The van der Waals surface area contributed by atoms with Crippen molar-refractivity contribution in [3.8, 4) is 17.2 Å². The SMILES string of the molecule is COc1ccc(COC(=O)[C@@H]2[C@@H]([C@@H](C)O)C(=O)N2C(c2ccc(OC)cc2)c2ccc(OC)cc2)cc1. The third-order valence-electron chi connectivity index (χ3n) is 6.62. The highest BCUT2D eigenvalue weighted by Gasteiger charge is 2.57. The summed E-state index contributed by atoms with van der Waals surface area (Å²) in [7, 11) is 4.74. The van der Waals surface area contributed by atoms with Crippen LogP contribution in [0.1, 0.15) is 29.7 Å². The summed E-state index contributed by atoms with van der Waals surface area (Å²) >= 11 is 0. The zero-order chi connectivity index (χ0) is 26.5. The van der Waals surface area contributed by atoms with E-state index >= 15 is 0 Å². The summed E-state index contributed by atoms with van der Waals surface area (Å²) in [5, 5.41) is 10.4. The van der Waals surface area contributed by atoms with Gasteiger partial charge in [-0.25, -0.2) is 4.79 Å². The quantitative estimate of drug-likeness (QED) is 0.331. The predicted molar refractivity (Wildman–Crippen MR) is 136 cm³/mol. The molecule has 0 aromatic heterocycles. The van der Waals surface area contributed by atoms with Crippen molar-refractivity contribution in [2.75, 3.05) is 21.3 Å². The molecule has 37 heavy (non-hydrogen) atoms. The Kier molecular flexibility index (Phi) is 7.98. The maximum Gasteiger partial charge on any atom is 0.330 e. The zero-order valence-corrected chi connectivity index (χ0v) is 21.3. The molecule has 1 aliphatic heterocycles. The molecule has 3 aromatic carbocycles. The normalized spacial score (nSPS) is 17.7. The van der Waals surface area contributed by atoms with E-state index in [2.05, 4.69) is 0 Å². The lowest BCUT2D eigenvalue weighted by molar-refractivity contribution is -0.184. The Bertz CT molecular complexity index is 1160. The van der Waals surface area contributed by atoms with Crippen LogP contribution < -0.4 is 14.2 Å². The minimum atomic E-state index is -1.02. The van der Waals surface area contributed by atoms with Crippen molar-refractivity contribution in [2.45, 2.75) is 31.7 Å². The number of benzene rings is 3. The molecule has 8 nitrogen and oxygen atoms in total. The fraction of sp³-hybridized carbons (Fsp3) is 0.310. The third-order valence-corrected chi connectivity index (χ3v) is 6.62. The molecule has 1 fully saturated rings. The smallest absolute Gasteiger partial charge is 0.330 e. The van der Waals surface area contributed by atoms with Crippen molar-refractivity contribution in [3.63, 3.8) is 0 Å². The molecule has 0 unspecified atom stereocenters. The fourth-order valence-corrected chi connectivity index (χ4v) is 4.60. The Morgan fingerprint density at radius 2 is 1.24 bits per heavy atom. The fourth-order valence-electron chi connectivity index (χ4n) is 4.60. The topological polar surface area (TPSA) is 94.5 Å². The van der Waals surface area contributed by atoms with Gasteiger partial charge in [0.1, 0.15) is 29.9 Å². The summed E-state index contributed by atoms with van der Waals surface area (Å²) in [4.78, 5) is 28.3. The summed E-state index contributed by atoms with van der Waals surface area (Å²) < 4.78 is 21.4. The van der Waals surface area contributed by atoms with Crippen LogP contribution in [0.25, 0.3) is 0 Å². The van der Waals surface area contributed by atoms with E-state index in [1.54, 1.807) is 69.9 Å². The molecule has 1 heterocycles. The van der Waals surface area contributed by atoms with Gasteiger partial charge in [0, 0.05) is 0 Å². The molecule has 1 N–H and O–H groups in total. The van der Waals surface area contributed by atoms with E-state index in [9.17, 15) is 14.7 Å². The first kappa shape index (κ1) is 26.0. The number of aliphatic hydroxyl groups is 1. The molecular formula is C29H31NO7. The van der Waals surface area contributed by atoms with Crippen LogP contribution in [0.3, 0.4) is 0 Å². The van der Waals surface area contributed by atoms with Gasteiger partial charge in [-0.05, 0) is 60.0 Å². The van der Waals surface area contributed by atoms with Crippen molar-refractivity contribution in [1.29, 1.82) is 0 Å². The summed E-state index contributed by atoms with van der Waals surface area (Å²) in [6.45, 7) is 1.54. The summed E-state index contributed by atoms with van der Waals surface area (Å²) in [5.74, 6) is 0.240. The van der Waals surface area contributed by atoms with E-state index in [1.807, 2.05) is 24.3 Å². The second kappa shape index (κ2) is 11.3. The molecule has 1 amide bonds. The van der Waals surface area contributed by atoms with Gasteiger partial charge in [-0.15, -0.1) is 0 Å². The third kappa shape index (κ3) is 5.39. The van der Waals surface area contributed by atoms with Gasteiger partial charge in [-0.3, -0.25) is 4.79 Å². The van der Waals surface area contributed by atoms with Crippen molar-refractivity contribution < 1.29 is 33.6 Å². The maximum absolute atomic E-state index is 13.4. The van der Waals surface area contributed by atoms with Crippen molar-refractivity contribution in [1.82, 2.24) is 4.90 Å². The Hall–Kier alpha value is -4.04. The molecule has 1 aliphatic rings. The number of aliphatic hydroxyl groups excluding tert-OH is 1. The van der Waals surface area contributed by atoms with Crippen molar-refractivity contribution in [2.24, 2.45) is 5.92 Å². The molecule has 0 radical (unpaired) electrons. The zero-order valence-electron chi connectivity index (χ0n) is 21.3. The number of rotatable bonds is 10. The van der Waals surface area contributed by atoms with Crippen molar-refractivity contribution in [3.05, 3.63) is 89.5 Å². The van der Waals surface area contributed by atoms with Crippen LogP contribution in [0.4, 0.5) is 0 Å². The molecular weight excluding hydrogens is 474 g/mol. The minimum absolute atomic E-state index is 0.0314. The van der Waals surface area contributed by atoms with Crippen molar-refractivity contribution >= 4 is 11.9 Å². The number of hydrogen-bond donors (Lipinski definition) is 1. The Morgan fingerprint density at radius 3 is 1.65 bits per heavy atom. The van der Waals surface area contributed by atoms with Gasteiger partial charge in [0.15, 0.2) is 0 Å². The average molecular weight is 506 g/mol. The largest absolute Gasteiger partial charge is 0.497 e. The van der Waals surface area contributed by atoms with E-state index in [1.165, 1.54) is 11.8 Å². The number of carbonyl (C=O) groups excluding carboxylic acids is 2. The lowest BCUT2D eigenvalue weighted by Crippen LogP contribution is -2.68. The van der Waals surface area contributed by atoms with Crippen LogP contribution in [0.2, 0.25) is 0 Å². The lowest BCUT2D eigenvalue weighted by atomic mass is 9.79. The number of esters is 1. The predicted octanol–water partition coefficient (Wildman–Crippen LogP) is 3.75. The van der Waals surface area contributed by atoms with Gasteiger partial charge < -0.3 is 29.0 Å². The maximum atomic E-state index is 13.4. The Labute approximate surface area is 216 Å². The van der Waals surface area contributed by atoms with Crippen LogP contribution in [-0.4, -0.2) is 55.4 Å². The number of methoxy groups -OCH3 is 3. The van der Waals surface area contributed by atoms with E-state index in [0.29, 0.717) is 17.2 Å². The summed E-state index contributed by atoms with van der Waals surface area (Å²) in [5.41, 5.74) is 2.36. The number of ether oxygens (including phenoxy) is 4. The van der Waals surface area contributed by atoms with E-state index in [-0.39, 0.29) is 12.5 Å². The van der Waals surface area contributed by atoms with Gasteiger partial charge in [-0.1, -0.05) is 36.4 Å². The van der Waals surface area contributed by atoms with E-state index < -0.39 is 30.1 Å². The average Bonchev–Trinajstić information content (AvgIpc) is 2.93. The number of likely N-dealkylation sites (tertiary alicyclic amines) is 1. The molecule has 3 atom stereocenters. The molecule has 8 heteroatoms. The molecule has 3 aromatic rings. The van der Waals surface area contributed by atoms with Gasteiger partial charge in [0.25, 0.3) is 0 Å². The van der Waals surface area contributed by atoms with Crippen LogP contribution >= 0.6 is 0 Å². The number of β-lactam (4-membered cyclic amide) rings is 1. The second-order valence-corrected chi connectivity index (χ2v) is 8.86. The molecule has 1 saturated heterocycles. The Morgan fingerprint density at radius 1 is 0.811 bits per heavy atom. The Balaban J connectivity index is 1.66. The van der Waals surface area contributed by atoms with Crippen LogP contribution in [0.15, 0.2) is 72.8 Å². The first-order valence-corrected chi connectivity index (χ1v) is 12.0. The van der Waals surface area contributed by atoms with Gasteiger partial charge >= 0.3 is 5.97 Å². The van der Waals surface area contributed by atoms with E-state index in [0.717, 1.165) is 16.7 Å². The van der Waals surface area contributed by atoms with Crippen LogP contribution in [0, 0.1) is 5.92 Å². The monoisotopic (exact) mass is 505 g/mol. The molecule has 0 aliphatic carbocycles. The van der Waals surface area contributed by atoms with Gasteiger partial charge in [-0.2, -0.15) is 0 Å². The molecule has 0 saturated carbocycles. The van der Waals surface area contributed by atoms with Gasteiger partial charge in [0.05, 0.1) is 39.4 Å². The highest BCUT2D eigenvalue weighted by molar-refractivity contribution is 5.98. The highest BCUT2D eigenvalue weighted by Crippen LogP contribution is 2.42.